The number of nitrogens with one attached hydrogen (secondary N) is 1. The molecule has 0 saturated carbocycles. The van der Waals surface area contributed by atoms with Crippen molar-refractivity contribution < 1.29 is 14.3 Å². The molecule has 0 radical (unpaired) electrons. The summed E-state index contributed by atoms with van der Waals surface area (Å²) in [6.07, 6.45) is 1.22. The number of halogens is 1. The van der Waals surface area contributed by atoms with Gasteiger partial charge in [0.25, 0.3) is 0 Å². The van der Waals surface area contributed by atoms with Gasteiger partial charge in [0.2, 0.25) is 5.67 Å². The number of carbonyl (C=O) groups is 1. The highest BCUT2D eigenvalue weighted by atomic mass is 19.1. The first kappa shape index (κ1) is 9.45. The number of carboxylic acids is 1. The highest BCUT2D eigenvalue weighted by Crippen LogP contribution is 2.29. The van der Waals surface area contributed by atoms with Crippen LogP contribution in [0.5, 0.6) is 0 Å². The van der Waals surface area contributed by atoms with Crippen LogP contribution in [0, 0.1) is 5.92 Å². The molecule has 0 aliphatic carbocycles. The van der Waals surface area contributed by atoms with Gasteiger partial charge in [0.05, 0.1) is 0 Å². The maximum atomic E-state index is 13.5. The molecule has 0 bridgehead atoms. The van der Waals surface area contributed by atoms with Crippen LogP contribution in [0.1, 0.15) is 19.8 Å². The van der Waals surface area contributed by atoms with E-state index < -0.39 is 11.6 Å². The molecule has 12 heavy (non-hydrogen) atoms. The second-order valence-corrected chi connectivity index (χ2v) is 3.41. The predicted molar refractivity (Wildman–Crippen MR) is 42.7 cm³/mol. The van der Waals surface area contributed by atoms with Crippen LogP contribution in [0.2, 0.25) is 0 Å². The van der Waals surface area contributed by atoms with Crippen molar-refractivity contribution in [3.05, 3.63) is 0 Å². The highest BCUT2D eigenvalue weighted by Gasteiger charge is 2.41. The van der Waals surface area contributed by atoms with Gasteiger partial charge in [-0.3, -0.25) is 0 Å². The van der Waals surface area contributed by atoms with Crippen LogP contribution in [0.15, 0.2) is 0 Å². The molecule has 1 unspecified atom stereocenters. The molecular formula is C8H14FNO2. The third-order valence-corrected chi connectivity index (χ3v) is 2.52. The van der Waals surface area contributed by atoms with Crippen molar-refractivity contribution in [3.63, 3.8) is 0 Å². The summed E-state index contributed by atoms with van der Waals surface area (Å²) in [5.41, 5.74) is -2.05. The second-order valence-electron chi connectivity index (χ2n) is 3.41. The van der Waals surface area contributed by atoms with Crippen LogP contribution in [0.3, 0.4) is 0 Å². The Balaban J connectivity index is 2.59. The van der Waals surface area contributed by atoms with Crippen LogP contribution in [-0.4, -0.2) is 29.8 Å². The molecule has 1 aliphatic rings. The van der Waals surface area contributed by atoms with Crippen molar-refractivity contribution in [1.82, 2.24) is 5.32 Å². The van der Waals surface area contributed by atoms with Crippen molar-refractivity contribution in [3.8, 4) is 0 Å². The van der Waals surface area contributed by atoms with E-state index in [1.54, 1.807) is 0 Å². The van der Waals surface area contributed by atoms with E-state index >= 15 is 0 Å². The third kappa shape index (κ3) is 1.75. The summed E-state index contributed by atoms with van der Waals surface area (Å²) in [4.78, 5) is 10.5. The van der Waals surface area contributed by atoms with Crippen LogP contribution in [-0.2, 0) is 4.79 Å². The summed E-state index contributed by atoms with van der Waals surface area (Å²) >= 11 is 0. The molecule has 0 amide bonds. The summed E-state index contributed by atoms with van der Waals surface area (Å²) in [5, 5.41) is 11.7. The van der Waals surface area contributed by atoms with Crippen molar-refractivity contribution in [1.29, 1.82) is 0 Å². The van der Waals surface area contributed by atoms with E-state index in [1.165, 1.54) is 0 Å². The Morgan fingerprint density at radius 1 is 1.58 bits per heavy atom. The number of carboxylic acid groups (broad SMARTS) is 1. The first-order chi connectivity index (χ1) is 5.55. The zero-order valence-electron chi connectivity index (χ0n) is 7.14. The van der Waals surface area contributed by atoms with Gasteiger partial charge in [0, 0.05) is 5.92 Å². The number of piperidine rings is 1. The van der Waals surface area contributed by atoms with E-state index in [9.17, 15) is 9.18 Å². The van der Waals surface area contributed by atoms with E-state index in [0.29, 0.717) is 12.8 Å². The normalized spacial score (nSPS) is 24.8. The smallest absolute Gasteiger partial charge is 0.341 e. The molecule has 0 aromatic carbocycles. The maximum absolute atomic E-state index is 13.5. The van der Waals surface area contributed by atoms with E-state index in [4.69, 9.17) is 5.11 Å². The number of rotatable bonds is 2. The molecule has 1 saturated heterocycles. The Kier molecular flexibility index (Phi) is 2.67. The fourth-order valence-electron chi connectivity index (χ4n) is 1.54. The minimum atomic E-state index is -2.05. The molecule has 70 valence electrons. The average Bonchev–Trinajstić information content (AvgIpc) is 2.06. The SMILES string of the molecule is CC(F)(C(=O)O)C1CCNCC1. The van der Waals surface area contributed by atoms with Gasteiger partial charge in [-0.05, 0) is 32.9 Å². The molecule has 4 heteroatoms. The van der Waals surface area contributed by atoms with Crippen molar-refractivity contribution in [2.24, 2.45) is 5.92 Å². The molecule has 1 heterocycles. The lowest BCUT2D eigenvalue weighted by Crippen LogP contribution is -2.44. The lowest BCUT2D eigenvalue weighted by atomic mass is 9.84. The quantitative estimate of drug-likeness (QED) is 0.652. The first-order valence-corrected chi connectivity index (χ1v) is 4.18. The molecule has 1 atom stereocenters. The van der Waals surface area contributed by atoms with Crippen LogP contribution in [0.4, 0.5) is 4.39 Å². The van der Waals surface area contributed by atoms with Crippen LogP contribution < -0.4 is 5.32 Å². The number of alkyl halides is 1. The van der Waals surface area contributed by atoms with E-state index in [-0.39, 0.29) is 5.92 Å². The fourth-order valence-corrected chi connectivity index (χ4v) is 1.54. The summed E-state index contributed by atoms with van der Waals surface area (Å²) < 4.78 is 13.5. The minimum Gasteiger partial charge on any atom is -0.479 e. The monoisotopic (exact) mass is 175 g/mol. The Hall–Kier alpha value is -0.640. The van der Waals surface area contributed by atoms with Gasteiger partial charge in [-0.2, -0.15) is 0 Å². The van der Waals surface area contributed by atoms with E-state index in [2.05, 4.69) is 5.32 Å². The van der Waals surface area contributed by atoms with Crippen molar-refractivity contribution >= 4 is 5.97 Å². The molecule has 1 rings (SSSR count). The van der Waals surface area contributed by atoms with Gasteiger partial charge in [0.15, 0.2) is 0 Å². The van der Waals surface area contributed by atoms with Gasteiger partial charge in [0.1, 0.15) is 0 Å². The molecular weight excluding hydrogens is 161 g/mol. The molecule has 0 aromatic rings. The molecule has 1 fully saturated rings. The lowest BCUT2D eigenvalue weighted by molar-refractivity contribution is -0.154. The summed E-state index contributed by atoms with van der Waals surface area (Å²) in [7, 11) is 0. The number of hydrogen-bond acceptors (Lipinski definition) is 2. The summed E-state index contributed by atoms with van der Waals surface area (Å²) in [5.74, 6) is -1.68. The zero-order valence-corrected chi connectivity index (χ0v) is 7.14. The van der Waals surface area contributed by atoms with Gasteiger partial charge < -0.3 is 10.4 Å². The highest BCUT2D eigenvalue weighted by molar-refractivity contribution is 5.77. The third-order valence-electron chi connectivity index (χ3n) is 2.52. The number of hydrogen-bond donors (Lipinski definition) is 2. The maximum Gasteiger partial charge on any atom is 0.341 e. The Morgan fingerprint density at radius 2 is 2.08 bits per heavy atom. The Morgan fingerprint density at radius 3 is 2.50 bits per heavy atom. The second kappa shape index (κ2) is 3.39. The van der Waals surface area contributed by atoms with E-state index in [1.807, 2.05) is 0 Å². The largest absolute Gasteiger partial charge is 0.479 e. The molecule has 0 spiro atoms. The van der Waals surface area contributed by atoms with Gasteiger partial charge in [-0.1, -0.05) is 0 Å². The van der Waals surface area contributed by atoms with Gasteiger partial charge >= 0.3 is 5.97 Å². The summed E-state index contributed by atoms with van der Waals surface area (Å²) in [6, 6.07) is 0. The predicted octanol–water partition coefficient (Wildman–Crippen LogP) is 0.799. The first-order valence-electron chi connectivity index (χ1n) is 4.18. The molecule has 1 aliphatic heterocycles. The fraction of sp³-hybridized carbons (Fsp3) is 0.875. The summed E-state index contributed by atoms with van der Waals surface area (Å²) in [6.45, 7) is 2.60. The topological polar surface area (TPSA) is 49.3 Å². The molecule has 2 N–H and O–H groups in total. The van der Waals surface area contributed by atoms with Crippen molar-refractivity contribution in [2.75, 3.05) is 13.1 Å². The van der Waals surface area contributed by atoms with Crippen molar-refractivity contribution in [2.45, 2.75) is 25.4 Å². The standard InChI is InChI=1S/C8H14FNO2/c1-8(9,7(11)12)6-2-4-10-5-3-6/h6,10H,2-5H2,1H3,(H,11,12). The molecule has 3 nitrogen and oxygen atoms in total. The van der Waals surface area contributed by atoms with Gasteiger partial charge in [-0.25, -0.2) is 9.18 Å². The average molecular weight is 175 g/mol. The van der Waals surface area contributed by atoms with Crippen LogP contribution >= 0.6 is 0 Å². The number of aliphatic carboxylic acids is 1. The zero-order chi connectivity index (χ0) is 9.19. The van der Waals surface area contributed by atoms with Gasteiger partial charge in [-0.15, -0.1) is 0 Å². The van der Waals surface area contributed by atoms with Crippen LogP contribution in [0.25, 0.3) is 0 Å². The molecule has 0 aromatic heterocycles. The lowest BCUT2D eigenvalue weighted by Gasteiger charge is -2.30. The van der Waals surface area contributed by atoms with E-state index in [0.717, 1.165) is 20.0 Å². The Bertz CT molecular complexity index is 176. The minimum absolute atomic E-state index is 0.337. The Labute approximate surface area is 71.0 Å².